The molecule has 1 aromatic carbocycles. The Morgan fingerprint density at radius 3 is 2.00 bits per heavy atom. The third kappa shape index (κ3) is 2.95. The van der Waals surface area contributed by atoms with Crippen LogP contribution >= 0.6 is 0 Å². The molecule has 0 spiro atoms. The van der Waals surface area contributed by atoms with Gasteiger partial charge in [-0.25, -0.2) is 9.59 Å². The van der Waals surface area contributed by atoms with Crippen molar-refractivity contribution in [3.63, 3.8) is 0 Å². The van der Waals surface area contributed by atoms with Crippen LogP contribution in [0.3, 0.4) is 0 Å². The predicted octanol–water partition coefficient (Wildman–Crippen LogP) is 1.80. The molecule has 0 aromatic heterocycles. The van der Waals surface area contributed by atoms with Gasteiger partial charge in [-0.15, -0.1) is 0 Å². The van der Waals surface area contributed by atoms with Crippen LogP contribution < -0.4 is 0 Å². The second-order valence-corrected chi connectivity index (χ2v) is 3.26. The first-order valence-electron chi connectivity index (χ1n) is 4.81. The normalized spacial score (nSPS) is 9.56. The van der Waals surface area contributed by atoms with Crippen LogP contribution in [0.1, 0.15) is 18.1 Å². The molecule has 1 rings (SSSR count). The quantitative estimate of drug-likeness (QED) is 0.461. The van der Waals surface area contributed by atoms with Crippen LogP contribution in [0.5, 0.6) is 0 Å². The van der Waals surface area contributed by atoms with E-state index in [1.54, 1.807) is 12.1 Å². The molecule has 4 heteroatoms. The van der Waals surface area contributed by atoms with E-state index in [1.807, 2.05) is 19.1 Å². The van der Waals surface area contributed by atoms with Gasteiger partial charge in [0.1, 0.15) is 5.57 Å². The molecule has 0 aliphatic rings. The molecular formula is C12H12O4. The number of benzene rings is 1. The van der Waals surface area contributed by atoms with Crippen LogP contribution in [0.15, 0.2) is 29.8 Å². The predicted molar refractivity (Wildman–Crippen MR) is 59.1 cm³/mol. The van der Waals surface area contributed by atoms with E-state index in [0.29, 0.717) is 5.56 Å². The van der Waals surface area contributed by atoms with E-state index < -0.39 is 17.5 Å². The number of rotatable bonds is 4. The highest BCUT2D eigenvalue weighted by Gasteiger charge is 2.15. The van der Waals surface area contributed by atoms with E-state index in [1.165, 1.54) is 0 Å². The Morgan fingerprint density at radius 1 is 1.12 bits per heavy atom. The summed E-state index contributed by atoms with van der Waals surface area (Å²) >= 11 is 0. The van der Waals surface area contributed by atoms with E-state index in [4.69, 9.17) is 10.2 Å². The molecule has 0 radical (unpaired) electrons. The van der Waals surface area contributed by atoms with Crippen LogP contribution in [0.2, 0.25) is 0 Å². The lowest BCUT2D eigenvalue weighted by Gasteiger charge is -1.99. The van der Waals surface area contributed by atoms with Crippen molar-refractivity contribution in [3.05, 3.63) is 41.0 Å². The molecule has 0 bridgehead atoms. The first-order chi connectivity index (χ1) is 7.54. The summed E-state index contributed by atoms with van der Waals surface area (Å²) < 4.78 is 0. The van der Waals surface area contributed by atoms with Gasteiger partial charge in [-0.2, -0.15) is 0 Å². The van der Waals surface area contributed by atoms with Crippen molar-refractivity contribution in [2.75, 3.05) is 0 Å². The van der Waals surface area contributed by atoms with Gasteiger partial charge in [0.2, 0.25) is 0 Å². The van der Waals surface area contributed by atoms with Crippen molar-refractivity contribution >= 4 is 18.0 Å². The van der Waals surface area contributed by atoms with Gasteiger partial charge in [-0.3, -0.25) is 0 Å². The Morgan fingerprint density at radius 2 is 1.62 bits per heavy atom. The Labute approximate surface area is 92.8 Å². The number of hydrogen-bond donors (Lipinski definition) is 2. The molecular weight excluding hydrogens is 208 g/mol. The minimum absolute atomic E-state index is 0.567. The lowest BCUT2D eigenvalue weighted by molar-refractivity contribution is -0.139. The minimum Gasteiger partial charge on any atom is -0.477 e. The molecule has 2 N–H and O–H groups in total. The van der Waals surface area contributed by atoms with Crippen molar-refractivity contribution in [2.45, 2.75) is 13.3 Å². The van der Waals surface area contributed by atoms with Gasteiger partial charge in [0, 0.05) is 0 Å². The Balaban J connectivity index is 3.04. The highest BCUT2D eigenvalue weighted by Crippen LogP contribution is 2.10. The molecule has 0 unspecified atom stereocenters. The SMILES string of the molecule is CCc1ccc(C=C(C(=O)O)C(=O)O)cc1. The number of carboxylic acids is 2. The van der Waals surface area contributed by atoms with Gasteiger partial charge in [-0.1, -0.05) is 31.2 Å². The van der Waals surface area contributed by atoms with Crippen molar-refractivity contribution in [1.82, 2.24) is 0 Å². The largest absolute Gasteiger partial charge is 0.477 e. The van der Waals surface area contributed by atoms with Gasteiger partial charge in [0.25, 0.3) is 0 Å². The summed E-state index contributed by atoms with van der Waals surface area (Å²) in [5, 5.41) is 17.3. The van der Waals surface area contributed by atoms with Crippen LogP contribution in [-0.2, 0) is 16.0 Å². The molecule has 0 atom stereocenters. The van der Waals surface area contributed by atoms with Crippen molar-refractivity contribution < 1.29 is 19.8 Å². The number of hydrogen-bond acceptors (Lipinski definition) is 2. The summed E-state index contributed by atoms with van der Waals surface area (Å²) in [4.78, 5) is 21.2. The van der Waals surface area contributed by atoms with Crippen molar-refractivity contribution in [2.24, 2.45) is 0 Å². The van der Waals surface area contributed by atoms with Gasteiger partial charge >= 0.3 is 11.9 Å². The van der Waals surface area contributed by atoms with Crippen LogP contribution in [-0.4, -0.2) is 22.2 Å². The number of carboxylic acid groups (broad SMARTS) is 2. The third-order valence-electron chi connectivity index (χ3n) is 2.16. The fraction of sp³-hybridized carbons (Fsp3) is 0.167. The fourth-order valence-electron chi connectivity index (χ4n) is 1.23. The number of aliphatic carboxylic acids is 2. The Hall–Kier alpha value is -2.10. The molecule has 84 valence electrons. The molecule has 0 aliphatic heterocycles. The summed E-state index contributed by atoms with van der Waals surface area (Å²) in [6.07, 6.45) is 2.03. The molecule has 4 nitrogen and oxygen atoms in total. The molecule has 1 aromatic rings. The van der Waals surface area contributed by atoms with E-state index in [-0.39, 0.29) is 0 Å². The third-order valence-corrected chi connectivity index (χ3v) is 2.16. The number of aryl methyl sites for hydroxylation is 1. The zero-order valence-electron chi connectivity index (χ0n) is 8.80. The molecule has 16 heavy (non-hydrogen) atoms. The zero-order valence-corrected chi connectivity index (χ0v) is 8.80. The average molecular weight is 220 g/mol. The first-order valence-corrected chi connectivity index (χ1v) is 4.81. The summed E-state index contributed by atoms with van der Waals surface area (Å²) in [5.74, 6) is -2.88. The van der Waals surface area contributed by atoms with Crippen LogP contribution in [0.4, 0.5) is 0 Å². The molecule has 0 amide bonds. The standard InChI is InChI=1S/C12H12O4/c1-2-8-3-5-9(6-4-8)7-10(11(13)14)12(15)16/h3-7H,2H2,1H3,(H,13,14)(H,15,16). The monoisotopic (exact) mass is 220 g/mol. The summed E-state index contributed by atoms with van der Waals surface area (Å²) in [6.45, 7) is 2.00. The van der Waals surface area contributed by atoms with Gasteiger partial charge < -0.3 is 10.2 Å². The summed E-state index contributed by atoms with van der Waals surface area (Å²) in [5.41, 5.74) is 1.05. The van der Waals surface area contributed by atoms with E-state index in [0.717, 1.165) is 18.1 Å². The fourth-order valence-corrected chi connectivity index (χ4v) is 1.23. The summed E-state index contributed by atoms with van der Waals surface area (Å²) in [7, 11) is 0. The van der Waals surface area contributed by atoms with Crippen LogP contribution in [0, 0.1) is 0 Å². The first kappa shape index (κ1) is 12.0. The topological polar surface area (TPSA) is 74.6 Å². The molecule has 0 aliphatic carbocycles. The number of carbonyl (C=O) groups is 2. The highest BCUT2D eigenvalue weighted by molar-refractivity contribution is 6.16. The minimum atomic E-state index is -1.44. The second-order valence-electron chi connectivity index (χ2n) is 3.26. The van der Waals surface area contributed by atoms with Crippen molar-refractivity contribution in [3.8, 4) is 0 Å². The van der Waals surface area contributed by atoms with Crippen LogP contribution in [0.25, 0.3) is 6.08 Å². The Kier molecular flexibility index (Phi) is 3.83. The van der Waals surface area contributed by atoms with E-state index in [2.05, 4.69) is 0 Å². The van der Waals surface area contributed by atoms with Gasteiger partial charge in [0.15, 0.2) is 0 Å². The second kappa shape index (κ2) is 5.11. The maximum Gasteiger partial charge on any atom is 0.343 e. The van der Waals surface area contributed by atoms with E-state index >= 15 is 0 Å². The molecule has 0 saturated heterocycles. The molecule has 0 saturated carbocycles. The average Bonchev–Trinajstić information content (AvgIpc) is 2.25. The lowest BCUT2D eigenvalue weighted by Crippen LogP contribution is -2.10. The smallest absolute Gasteiger partial charge is 0.343 e. The zero-order chi connectivity index (χ0) is 12.1. The van der Waals surface area contributed by atoms with E-state index in [9.17, 15) is 9.59 Å². The van der Waals surface area contributed by atoms with Gasteiger partial charge in [-0.05, 0) is 23.6 Å². The molecule has 0 fully saturated rings. The lowest BCUT2D eigenvalue weighted by atomic mass is 10.1. The Bertz CT molecular complexity index is 413. The maximum absolute atomic E-state index is 10.6. The highest BCUT2D eigenvalue weighted by atomic mass is 16.4. The van der Waals surface area contributed by atoms with Gasteiger partial charge in [0.05, 0.1) is 0 Å². The van der Waals surface area contributed by atoms with Crippen molar-refractivity contribution in [1.29, 1.82) is 0 Å². The molecule has 0 heterocycles. The maximum atomic E-state index is 10.6. The summed E-state index contributed by atoms with van der Waals surface area (Å²) in [6, 6.07) is 7.08.